The third-order valence-corrected chi connectivity index (χ3v) is 6.70. The number of benzene rings is 2. The molecular formula is C33H45N3O9. The highest BCUT2D eigenvalue weighted by molar-refractivity contribution is 5.81. The van der Waals surface area contributed by atoms with E-state index in [4.69, 9.17) is 18.9 Å². The molecule has 12 heteroatoms. The molecule has 0 radical (unpaired) electrons. The van der Waals surface area contributed by atoms with Gasteiger partial charge in [-0.1, -0.05) is 48.5 Å². The molecule has 0 aromatic heterocycles. The minimum Gasteiger partial charge on any atom is -0.480 e. The molecule has 246 valence electrons. The molecule has 2 aromatic carbocycles. The summed E-state index contributed by atoms with van der Waals surface area (Å²) in [6.45, 7) is 10.5. The summed E-state index contributed by atoms with van der Waals surface area (Å²) in [5.74, 6) is -1.48. The Bertz CT molecular complexity index is 1250. The molecule has 3 amide bonds. The number of alkyl carbamates (subject to hydrolysis) is 3. The maximum absolute atomic E-state index is 12.7. The van der Waals surface area contributed by atoms with E-state index in [1.54, 1.807) is 41.5 Å². The van der Waals surface area contributed by atoms with Crippen molar-refractivity contribution < 1.29 is 43.2 Å². The number of amides is 3. The number of rotatable bonds is 13. The van der Waals surface area contributed by atoms with Gasteiger partial charge in [-0.05, 0) is 76.6 Å². The summed E-state index contributed by atoms with van der Waals surface area (Å²) < 4.78 is 21.9. The Morgan fingerprint density at radius 1 is 0.756 bits per heavy atom. The highest BCUT2D eigenvalue weighted by Crippen LogP contribution is 2.44. The van der Waals surface area contributed by atoms with Crippen LogP contribution in [-0.2, 0) is 23.7 Å². The Kier molecular flexibility index (Phi) is 12.2. The van der Waals surface area contributed by atoms with Crippen molar-refractivity contribution in [2.75, 3.05) is 26.3 Å². The van der Waals surface area contributed by atoms with E-state index in [-0.39, 0.29) is 45.1 Å². The van der Waals surface area contributed by atoms with E-state index in [1.807, 2.05) is 48.5 Å². The topological polar surface area (TPSA) is 162 Å². The van der Waals surface area contributed by atoms with Crippen molar-refractivity contribution in [1.29, 1.82) is 0 Å². The van der Waals surface area contributed by atoms with E-state index in [2.05, 4.69) is 16.0 Å². The van der Waals surface area contributed by atoms with Gasteiger partial charge in [0.05, 0.1) is 12.7 Å². The van der Waals surface area contributed by atoms with E-state index in [9.17, 15) is 24.3 Å². The monoisotopic (exact) mass is 627 g/mol. The van der Waals surface area contributed by atoms with Gasteiger partial charge in [0.2, 0.25) is 0 Å². The summed E-state index contributed by atoms with van der Waals surface area (Å²) in [6.07, 6.45) is -2.11. The fourth-order valence-corrected chi connectivity index (χ4v) is 4.80. The standard InChI is InChI=1S/C33H45N3O9/c1-32(2,3)44-29(39)34-17-15-21(16-18-35-30(40)45-33(4,5)6)42-20-27(28(37)38)36-31(41)43-19-26-24-13-9-7-11-22(24)23-12-8-10-14-25(23)26/h7-14,21,26-27H,15-20H2,1-6H3,(H,34,39)(H,35,40)(H,36,41)(H,37,38)/t27-/m0/s1. The zero-order valence-electron chi connectivity index (χ0n) is 26.8. The normalized spacial score (nSPS) is 13.3. The van der Waals surface area contributed by atoms with Crippen LogP contribution in [0.4, 0.5) is 14.4 Å². The molecule has 0 saturated heterocycles. The molecule has 0 saturated carbocycles. The number of aliphatic carboxylic acids is 1. The molecule has 45 heavy (non-hydrogen) atoms. The first kappa shape index (κ1) is 35.2. The smallest absolute Gasteiger partial charge is 0.407 e. The first-order chi connectivity index (χ1) is 21.1. The van der Waals surface area contributed by atoms with Crippen molar-refractivity contribution in [3.63, 3.8) is 0 Å². The quantitative estimate of drug-likeness (QED) is 0.219. The second-order valence-electron chi connectivity index (χ2n) is 12.8. The number of carboxylic acids is 1. The molecule has 0 spiro atoms. The lowest BCUT2D eigenvalue weighted by Crippen LogP contribution is -2.45. The summed E-state index contributed by atoms with van der Waals surface area (Å²) in [4.78, 5) is 48.9. The van der Waals surface area contributed by atoms with Crippen molar-refractivity contribution in [1.82, 2.24) is 16.0 Å². The van der Waals surface area contributed by atoms with Gasteiger partial charge >= 0.3 is 24.2 Å². The predicted molar refractivity (Wildman–Crippen MR) is 167 cm³/mol. The van der Waals surface area contributed by atoms with E-state index < -0.39 is 47.6 Å². The zero-order chi connectivity index (χ0) is 33.2. The average Bonchev–Trinajstić information content (AvgIpc) is 3.25. The highest BCUT2D eigenvalue weighted by Gasteiger charge is 2.30. The van der Waals surface area contributed by atoms with Crippen LogP contribution in [0.2, 0.25) is 0 Å². The lowest BCUT2D eigenvalue weighted by Gasteiger charge is -2.23. The van der Waals surface area contributed by atoms with Gasteiger partial charge in [0.25, 0.3) is 0 Å². The average molecular weight is 628 g/mol. The van der Waals surface area contributed by atoms with Crippen LogP contribution in [0.15, 0.2) is 48.5 Å². The Morgan fingerprint density at radius 3 is 1.67 bits per heavy atom. The molecule has 1 aliphatic rings. The fraction of sp³-hybridized carbons (Fsp3) is 0.515. The maximum Gasteiger partial charge on any atom is 0.407 e. The van der Waals surface area contributed by atoms with Crippen LogP contribution in [-0.4, -0.2) is 79.0 Å². The molecule has 4 N–H and O–H groups in total. The van der Waals surface area contributed by atoms with Crippen molar-refractivity contribution in [2.45, 2.75) is 83.6 Å². The second kappa shape index (κ2) is 15.6. The summed E-state index contributed by atoms with van der Waals surface area (Å²) in [7, 11) is 0. The lowest BCUT2D eigenvalue weighted by atomic mass is 9.98. The third kappa shape index (κ3) is 11.6. The molecule has 2 aromatic rings. The predicted octanol–water partition coefficient (Wildman–Crippen LogP) is 5.19. The zero-order valence-corrected chi connectivity index (χ0v) is 26.8. The van der Waals surface area contributed by atoms with E-state index in [1.165, 1.54) is 0 Å². The fourth-order valence-electron chi connectivity index (χ4n) is 4.80. The summed E-state index contributed by atoms with van der Waals surface area (Å²) in [5.41, 5.74) is 2.88. The number of carbonyl (C=O) groups is 4. The van der Waals surface area contributed by atoms with Crippen LogP contribution < -0.4 is 16.0 Å². The van der Waals surface area contributed by atoms with Crippen molar-refractivity contribution >= 4 is 24.2 Å². The van der Waals surface area contributed by atoms with Gasteiger partial charge in [-0.25, -0.2) is 19.2 Å². The first-order valence-electron chi connectivity index (χ1n) is 15.0. The Balaban J connectivity index is 1.56. The molecule has 1 aliphatic carbocycles. The second-order valence-corrected chi connectivity index (χ2v) is 12.8. The number of ether oxygens (including phenoxy) is 4. The molecule has 0 unspecified atom stereocenters. The van der Waals surface area contributed by atoms with Gasteiger partial charge in [-0.15, -0.1) is 0 Å². The molecular weight excluding hydrogens is 582 g/mol. The van der Waals surface area contributed by atoms with Crippen molar-refractivity contribution in [2.24, 2.45) is 0 Å². The summed E-state index contributed by atoms with van der Waals surface area (Å²) >= 11 is 0. The number of carboxylic acid groups (broad SMARTS) is 1. The van der Waals surface area contributed by atoms with Gasteiger partial charge in [0, 0.05) is 19.0 Å². The maximum atomic E-state index is 12.7. The van der Waals surface area contributed by atoms with Crippen LogP contribution in [0.1, 0.15) is 71.4 Å². The van der Waals surface area contributed by atoms with Crippen LogP contribution in [0, 0.1) is 0 Å². The minimum atomic E-state index is -1.40. The van der Waals surface area contributed by atoms with E-state index in [0.717, 1.165) is 22.3 Å². The summed E-state index contributed by atoms with van der Waals surface area (Å²) in [6, 6.07) is 14.4. The van der Waals surface area contributed by atoms with E-state index in [0.29, 0.717) is 0 Å². The molecule has 3 rings (SSSR count). The SMILES string of the molecule is CC(C)(C)OC(=O)NCCC(CCNC(=O)OC(C)(C)C)OC[C@H](NC(=O)OCC1c2ccccc2-c2ccccc21)C(=O)O. The number of hydrogen-bond acceptors (Lipinski definition) is 8. The van der Waals surface area contributed by atoms with Gasteiger partial charge in [0.15, 0.2) is 6.04 Å². The van der Waals surface area contributed by atoms with Gasteiger partial charge < -0.3 is 40.0 Å². The van der Waals surface area contributed by atoms with Gasteiger partial charge in [0.1, 0.15) is 17.8 Å². The Morgan fingerprint density at radius 2 is 1.22 bits per heavy atom. The lowest BCUT2D eigenvalue weighted by molar-refractivity contribution is -0.141. The molecule has 1 atom stereocenters. The number of hydrogen-bond donors (Lipinski definition) is 4. The van der Waals surface area contributed by atoms with Crippen molar-refractivity contribution in [3.8, 4) is 11.1 Å². The molecule has 12 nitrogen and oxygen atoms in total. The number of carbonyl (C=O) groups excluding carboxylic acids is 3. The van der Waals surface area contributed by atoms with E-state index >= 15 is 0 Å². The van der Waals surface area contributed by atoms with Crippen LogP contribution in [0.3, 0.4) is 0 Å². The highest BCUT2D eigenvalue weighted by atomic mass is 16.6. The van der Waals surface area contributed by atoms with Gasteiger partial charge in [-0.2, -0.15) is 0 Å². The third-order valence-electron chi connectivity index (χ3n) is 6.70. The van der Waals surface area contributed by atoms with Crippen LogP contribution in [0.5, 0.6) is 0 Å². The molecule has 0 fully saturated rings. The van der Waals surface area contributed by atoms with Crippen LogP contribution >= 0.6 is 0 Å². The van der Waals surface area contributed by atoms with Gasteiger partial charge in [-0.3, -0.25) is 0 Å². The first-order valence-corrected chi connectivity index (χ1v) is 15.0. The largest absolute Gasteiger partial charge is 0.480 e. The van der Waals surface area contributed by atoms with Crippen LogP contribution in [0.25, 0.3) is 11.1 Å². The summed E-state index contributed by atoms with van der Waals surface area (Å²) in [5, 5.41) is 17.5. The Labute approximate surface area is 264 Å². The Hall–Kier alpha value is -4.32. The molecule has 0 bridgehead atoms. The number of fused-ring (bicyclic) bond motifs is 3. The number of nitrogens with one attached hydrogen (secondary N) is 3. The minimum absolute atomic E-state index is 0.0301. The van der Waals surface area contributed by atoms with Crippen molar-refractivity contribution in [3.05, 3.63) is 59.7 Å². The molecule has 0 aliphatic heterocycles. The molecule has 0 heterocycles.